The summed E-state index contributed by atoms with van der Waals surface area (Å²) in [7, 11) is 1.79. The van der Waals surface area contributed by atoms with E-state index in [9.17, 15) is 0 Å². The molecule has 1 aromatic heterocycles. The van der Waals surface area contributed by atoms with Gasteiger partial charge in [0.25, 0.3) is 0 Å². The average molecular weight is 538 g/mol. The summed E-state index contributed by atoms with van der Waals surface area (Å²) in [6.07, 6.45) is 4.32. The molecule has 0 spiro atoms. The summed E-state index contributed by atoms with van der Waals surface area (Å²) >= 11 is 0. The van der Waals surface area contributed by atoms with E-state index in [0.29, 0.717) is 18.3 Å². The SMILES string of the molecule is CN=C(NCc1ccc(OC(C)C)nc1)NCC1CCCOC1c1ccc(C)cc1.I. The van der Waals surface area contributed by atoms with Crippen LogP contribution >= 0.6 is 24.0 Å². The van der Waals surface area contributed by atoms with Crippen molar-refractivity contribution in [3.8, 4) is 5.88 Å². The molecule has 0 aliphatic carbocycles. The van der Waals surface area contributed by atoms with E-state index < -0.39 is 0 Å². The highest BCUT2D eigenvalue weighted by Gasteiger charge is 2.27. The fourth-order valence-electron chi connectivity index (χ4n) is 3.64. The summed E-state index contributed by atoms with van der Waals surface area (Å²) in [6.45, 7) is 8.39. The Morgan fingerprint density at radius 1 is 1.19 bits per heavy atom. The van der Waals surface area contributed by atoms with Crippen LogP contribution in [0.5, 0.6) is 5.88 Å². The third-order valence-corrected chi connectivity index (χ3v) is 5.22. The van der Waals surface area contributed by atoms with Crippen LogP contribution in [-0.2, 0) is 11.3 Å². The molecular weight excluding hydrogens is 503 g/mol. The average Bonchev–Trinajstić information content (AvgIpc) is 2.75. The number of hydrogen-bond donors (Lipinski definition) is 2. The lowest BCUT2D eigenvalue weighted by Gasteiger charge is -2.32. The van der Waals surface area contributed by atoms with E-state index in [1.807, 2.05) is 32.2 Å². The number of halogens is 1. The normalized spacial score (nSPS) is 18.9. The molecule has 1 fully saturated rings. The van der Waals surface area contributed by atoms with Gasteiger partial charge in [0.2, 0.25) is 5.88 Å². The van der Waals surface area contributed by atoms with Crippen molar-refractivity contribution in [1.82, 2.24) is 15.6 Å². The van der Waals surface area contributed by atoms with Crippen molar-refractivity contribution >= 4 is 29.9 Å². The molecular formula is C24H35IN4O2. The third-order valence-electron chi connectivity index (χ3n) is 5.22. The van der Waals surface area contributed by atoms with E-state index in [1.54, 1.807) is 7.05 Å². The molecule has 2 atom stereocenters. The van der Waals surface area contributed by atoms with Crippen molar-refractivity contribution in [3.05, 3.63) is 59.3 Å². The fourth-order valence-corrected chi connectivity index (χ4v) is 3.64. The van der Waals surface area contributed by atoms with Crippen molar-refractivity contribution in [2.45, 2.75) is 52.4 Å². The van der Waals surface area contributed by atoms with Crippen LogP contribution in [0.3, 0.4) is 0 Å². The lowest BCUT2D eigenvalue weighted by Crippen LogP contribution is -2.41. The number of aromatic nitrogens is 1. The number of rotatable bonds is 7. The van der Waals surface area contributed by atoms with E-state index in [0.717, 1.165) is 37.5 Å². The highest BCUT2D eigenvalue weighted by molar-refractivity contribution is 14.0. The Morgan fingerprint density at radius 3 is 2.61 bits per heavy atom. The van der Waals surface area contributed by atoms with Crippen molar-refractivity contribution < 1.29 is 9.47 Å². The number of pyridine rings is 1. The largest absolute Gasteiger partial charge is 0.475 e. The molecule has 0 saturated carbocycles. The predicted molar refractivity (Wildman–Crippen MR) is 136 cm³/mol. The van der Waals surface area contributed by atoms with Crippen LogP contribution in [0.2, 0.25) is 0 Å². The Bertz CT molecular complexity index is 809. The van der Waals surface area contributed by atoms with Gasteiger partial charge in [-0.2, -0.15) is 0 Å². The molecule has 0 amide bonds. The Balaban J connectivity index is 0.00000341. The maximum atomic E-state index is 6.13. The molecule has 7 heteroatoms. The molecule has 31 heavy (non-hydrogen) atoms. The Labute approximate surface area is 203 Å². The number of guanidine groups is 1. The number of hydrogen-bond acceptors (Lipinski definition) is 4. The Hall–Kier alpha value is -1.87. The fraction of sp³-hybridized carbons (Fsp3) is 0.500. The number of nitrogens with one attached hydrogen (secondary N) is 2. The second kappa shape index (κ2) is 12.9. The molecule has 1 aliphatic heterocycles. The summed E-state index contributed by atoms with van der Waals surface area (Å²) < 4.78 is 11.7. The monoisotopic (exact) mass is 538 g/mol. The number of benzene rings is 1. The van der Waals surface area contributed by atoms with Gasteiger partial charge in [0.15, 0.2) is 5.96 Å². The lowest BCUT2D eigenvalue weighted by atomic mass is 9.89. The van der Waals surface area contributed by atoms with Gasteiger partial charge < -0.3 is 20.1 Å². The van der Waals surface area contributed by atoms with E-state index in [2.05, 4.69) is 51.8 Å². The first-order chi connectivity index (χ1) is 14.5. The first-order valence-electron chi connectivity index (χ1n) is 10.8. The molecule has 1 saturated heterocycles. The van der Waals surface area contributed by atoms with Gasteiger partial charge in [-0.1, -0.05) is 35.9 Å². The molecule has 170 valence electrons. The maximum Gasteiger partial charge on any atom is 0.213 e. The van der Waals surface area contributed by atoms with Crippen molar-refractivity contribution in [3.63, 3.8) is 0 Å². The minimum atomic E-state index is 0. The quantitative estimate of drug-likeness (QED) is 0.306. The highest BCUT2D eigenvalue weighted by Crippen LogP contribution is 2.33. The van der Waals surface area contributed by atoms with Crippen molar-refractivity contribution in [2.75, 3.05) is 20.2 Å². The van der Waals surface area contributed by atoms with Crippen molar-refractivity contribution in [1.29, 1.82) is 0 Å². The number of ether oxygens (including phenoxy) is 2. The molecule has 0 radical (unpaired) electrons. The maximum absolute atomic E-state index is 6.13. The van der Waals surface area contributed by atoms with Gasteiger partial charge in [-0.3, -0.25) is 4.99 Å². The molecule has 2 N–H and O–H groups in total. The van der Waals surface area contributed by atoms with Crippen LogP contribution in [-0.4, -0.2) is 37.2 Å². The minimum Gasteiger partial charge on any atom is -0.475 e. The van der Waals surface area contributed by atoms with Crippen LogP contribution in [0.1, 0.15) is 49.5 Å². The van der Waals surface area contributed by atoms with Crippen LogP contribution in [0, 0.1) is 12.8 Å². The van der Waals surface area contributed by atoms with Gasteiger partial charge in [-0.15, -0.1) is 24.0 Å². The van der Waals surface area contributed by atoms with Crippen LogP contribution in [0.25, 0.3) is 0 Å². The summed E-state index contributed by atoms with van der Waals surface area (Å²) in [4.78, 5) is 8.71. The van der Waals surface area contributed by atoms with Gasteiger partial charge in [-0.25, -0.2) is 4.98 Å². The smallest absolute Gasteiger partial charge is 0.213 e. The van der Waals surface area contributed by atoms with E-state index >= 15 is 0 Å². The molecule has 2 heterocycles. The molecule has 3 rings (SSSR count). The Kier molecular flexibility index (Phi) is 10.5. The lowest BCUT2D eigenvalue weighted by molar-refractivity contribution is -0.0265. The van der Waals surface area contributed by atoms with E-state index in [1.165, 1.54) is 11.1 Å². The molecule has 1 aliphatic rings. The van der Waals surface area contributed by atoms with E-state index in [-0.39, 0.29) is 36.2 Å². The number of nitrogens with zero attached hydrogens (tertiary/aromatic N) is 2. The van der Waals surface area contributed by atoms with Gasteiger partial charge in [-0.05, 0) is 44.7 Å². The zero-order valence-corrected chi connectivity index (χ0v) is 21.3. The first kappa shape index (κ1) is 25.4. The van der Waals surface area contributed by atoms with Crippen LogP contribution in [0.4, 0.5) is 0 Å². The van der Waals surface area contributed by atoms with Gasteiger partial charge >= 0.3 is 0 Å². The van der Waals surface area contributed by atoms with Gasteiger partial charge in [0.1, 0.15) is 0 Å². The second-order valence-corrected chi connectivity index (χ2v) is 8.08. The third kappa shape index (κ3) is 7.96. The van der Waals surface area contributed by atoms with Gasteiger partial charge in [0, 0.05) is 44.9 Å². The summed E-state index contributed by atoms with van der Waals surface area (Å²) in [6, 6.07) is 12.6. The van der Waals surface area contributed by atoms with Crippen LogP contribution in [0.15, 0.2) is 47.6 Å². The molecule has 6 nitrogen and oxygen atoms in total. The molecule has 2 aromatic rings. The highest BCUT2D eigenvalue weighted by atomic mass is 127. The second-order valence-electron chi connectivity index (χ2n) is 8.08. The van der Waals surface area contributed by atoms with Crippen molar-refractivity contribution in [2.24, 2.45) is 10.9 Å². The zero-order valence-electron chi connectivity index (χ0n) is 18.9. The first-order valence-corrected chi connectivity index (χ1v) is 10.8. The Morgan fingerprint density at radius 2 is 1.97 bits per heavy atom. The minimum absolute atomic E-state index is 0. The summed E-state index contributed by atoms with van der Waals surface area (Å²) in [5, 5.41) is 6.84. The topological polar surface area (TPSA) is 67.8 Å². The predicted octanol–water partition coefficient (Wildman–Crippen LogP) is 4.63. The summed E-state index contributed by atoms with van der Waals surface area (Å²) in [5.74, 6) is 1.84. The van der Waals surface area contributed by atoms with Gasteiger partial charge in [0.05, 0.1) is 12.2 Å². The molecule has 0 bridgehead atoms. The molecule has 2 unspecified atom stereocenters. The number of aryl methyl sites for hydroxylation is 1. The summed E-state index contributed by atoms with van der Waals surface area (Å²) in [5.41, 5.74) is 3.60. The zero-order chi connectivity index (χ0) is 21.3. The van der Waals surface area contributed by atoms with E-state index in [4.69, 9.17) is 9.47 Å². The molecule has 1 aromatic carbocycles. The van der Waals surface area contributed by atoms with Crippen LogP contribution < -0.4 is 15.4 Å². The standard InChI is InChI=1S/C24H34N4O2.HI/c1-17(2)30-22-12-9-19(14-26-22)15-27-24(25-4)28-16-21-6-5-13-29-23(21)20-10-7-18(3)8-11-20;/h7-12,14,17,21,23H,5-6,13,15-16H2,1-4H3,(H2,25,27,28);1H. The number of aliphatic imine (C=N–C) groups is 1.